The SMILES string of the molecule is CCCCc1ccc(N=Nc2ccc(OCCCCCS)cc2)cc1. The van der Waals surface area contributed by atoms with Crippen LogP contribution in [0.15, 0.2) is 58.8 Å². The molecule has 134 valence electrons. The molecule has 0 amide bonds. The van der Waals surface area contributed by atoms with Crippen LogP contribution in [0, 0.1) is 0 Å². The first-order valence-electron chi connectivity index (χ1n) is 9.16. The molecule has 0 saturated heterocycles. The van der Waals surface area contributed by atoms with Crippen molar-refractivity contribution in [1.29, 1.82) is 0 Å². The third-order valence-corrected chi connectivity index (χ3v) is 4.26. The van der Waals surface area contributed by atoms with E-state index in [0.717, 1.165) is 55.2 Å². The van der Waals surface area contributed by atoms with Gasteiger partial charge in [0.2, 0.25) is 0 Å². The van der Waals surface area contributed by atoms with Crippen LogP contribution in [0.25, 0.3) is 0 Å². The fourth-order valence-corrected chi connectivity index (χ4v) is 2.64. The van der Waals surface area contributed by atoms with Gasteiger partial charge in [-0.1, -0.05) is 25.5 Å². The molecule has 0 fully saturated rings. The van der Waals surface area contributed by atoms with Crippen LogP contribution in [0.3, 0.4) is 0 Å². The predicted octanol–water partition coefficient (Wildman–Crippen LogP) is 6.92. The lowest BCUT2D eigenvalue weighted by molar-refractivity contribution is 0.306. The Balaban J connectivity index is 1.80. The molecule has 0 saturated carbocycles. The molecule has 0 atom stereocenters. The minimum Gasteiger partial charge on any atom is -0.494 e. The number of benzene rings is 2. The lowest BCUT2D eigenvalue weighted by atomic mass is 10.1. The number of rotatable bonds is 11. The van der Waals surface area contributed by atoms with Crippen LogP contribution >= 0.6 is 12.6 Å². The summed E-state index contributed by atoms with van der Waals surface area (Å²) in [6.07, 6.45) is 6.94. The molecule has 0 aliphatic rings. The van der Waals surface area contributed by atoms with Crippen molar-refractivity contribution < 1.29 is 4.74 Å². The number of thiol groups is 1. The first-order chi connectivity index (χ1) is 12.3. The summed E-state index contributed by atoms with van der Waals surface area (Å²) in [6.45, 7) is 2.96. The second-order valence-electron chi connectivity index (χ2n) is 6.10. The maximum Gasteiger partial charge on any atom is 0.119 e. The molecule has 0 aliphatic carbocycles. The van der Waals surface area contributed by atoms with Gasteiger partial charge in [-0.3, -0.25) is 0 Å². The molecule has 2 rings (SSSR count). The Labute approximate surface area is 156 Å². The van der Waals surface area contributed by atoms with E-state index in [1.54, 1.807) is 0 Å². The summed E-state index contributed by atoms with van der Waals surface area (Å²) in [5, 5.41) is 8.59. The average Bonchev–Trinajstić information content (AvgIpc) is 2.66. The molecule has 0 heterocycles. The van der Waals surface area contributed by atoms with E-state index in [4.69, 9.17) is 4.74 Å². The van der Waals surface area contributed by atoms with Gasteiger partial charge in [-0.25, -0.2) is 0 Å². The molecule has 2 aromatic rings. The molecule has 0 aliphatic heterocycles. The van der Waals surface area contributed by atoms with Gasteiger partial charge in [0.25, 0.3) is 0 Å². The third kappa shape index (κ3) is 7.74. The van der Waals surface area contributed by atoms with E-state index in [9.17, 15) is 0 Å². The van der Waals surface area contributed by atoms with Crippen molar-refractivity contribution in [2.75, 3.05) is 12.4 Å². The lowest BCUT2D eigenvalue weighted by Gasteiger charge is -2.05. The van der Waals surface area contributed by atoms with Crippen molar-refractivity contribution in [2.24, 2.45) is 10.2 Å². The maximum atomic E-state index is 5.72. The van der Waals surface area contributed by atoms with Gasteiger partial charge in [-0.2, -0.15) is 22.9 Å². The Hall–Kier alpha value is -1.81. The van der Waals surface area contributed by atoms with Crippen molar-refractivity contribution in [3.05, 3.63) is 54.1 Å². The predicted molar refractivity (Wildman–Crippen MR) is 109 cm³/mol. The number of azo groups is 1. The molecular formula is C21H28N2OS. The topological polar surface area (TPSA) is 34.0 Å². The van der Waals surface area contributed by atoms with Gasteiger partial charge in [0.05, 0.1) is 18.0 Å². The molecule has 3 nitrogen and oxygen atoms in total. The smallest absolute Gasteiger partial charge is 0.119 e. The summed E-state index contributed by atoms with van der Waals surface area (Å²) >= 11 is 4.21. The number of unbranched alkanes of at least 4 members (excludes halogenated alkanes) is 3. The fourth-order valence-electron chi connectivity index (χ4n) is 2.42. The van der Waals surface area contributed by atoms with Gasteiger partial charge in [-0.05, 0) is 79.8 Å². The van der Waals surface area contributed by atoms with Crippen molar-refractivity contribution in [2.45, 2.75) is 45.4 Å². The molecule has 0 unspecified atom stereocenters. The zero-order valence-corrected chi connectivity index (χ0v) is 15.9. The monoisotopic (exact) mass is 356 g/mol. The zero-order chi connectivity index (χ0) is 17.7. The Morgan fingerprint density at radius 1 is 0.800 bits per heavy atom. The van der Waals surface area contributed by atoms with Gasteiger partial charge in [0.15, 0.2) is 0 Å². The van der Waals surface area contributed by atoms with Crippen molar-refractivity contribution in [1.82, 2.24) is 0 Å². The summed E-state index contributed by atoms with van der Waals surface area (Å²) in [4.78, 5) is 0. The van der Waals surface area contributed by atoms with Crippen LogP contribution < -0.4 is 4.74 Å². The summed E-state index contributed by atoms with van der Waals surface area (Å²) in [7, 11) is 0. The molecule has 0 radical (unpaired) electrons. The van der Waals surface area contributed by atoms with Crippen LogP contribution in [-0.2, 0) is 6.42 Å². The number of nitrogens with zero attached hydrogens (tertiary/aromatic N) is 2. The first kappa shape index (κ1) is 19.5. The molecular weight excluding hydrogens is 328 g/mol. The highest BCUT2D eigenvalue weighted by atomic mass is 32.1. The second kappa shape index (κ2) is 11.7. The molecule has 0 N–H and O–H groups in total. The molecule has 0 bridgehead atoms. The van der Waals surface area contributed by atoms with Gasteiger partial charge < -0.3 is 4.74 Å². The van der Waals surface area contributed by atoms with E-state index >= 15 is 0 Å². The molecule has 2 aromatic carbocycles. The second-order valence-corrected chi connectivity index (χ2v) is 6.54. The number of ether oxygens (including phenoxy) is 1. The Morgan fingerprint density at radius 3 is 2.04 bits per heavy atom. The van der Waals surface area contributed by atoms with E-state index in [1.807, 2.05) is 36.4 Å². The van der Waals surface area contributed by atoms with E-state index in [-0.39, 0.29) is 0 Å². The minimum absolute atomic E-state index is 0.749. The maximum absolute atomic E-state index is 5.72. The molecule has 0 spiro atoms. The van der Waals surface area contributed by atoms with Crippen LogP contribution in [0.4, 0.5) is 11.4 Å². The van der Waals surface area contributed by atoms with Gasteiger partial charge >= 0.3 is 0 Å². The first-order valence-corrected chi connectivity index (χ1v) is 9.79. The Bertz CT molecular complexity index is 623. The number of hydrogen-bond donors (Lipinski definition) is 1. The van der Waals surface area contributed by atoms with E-state index in [1.165, 1.54) is 18.4 Å². The highest BCUT2D eigenvalue weighted by molar-refractivity contribution is 7.80. The summed E-state index contributed by atoms with van der Waals surface area (Å²) in [5.41, 5.74) is 3.07. The summed E-state index contributed by atoms with van der Waals surface area (Å²) in [6, 6.07) is 16.1. The van der Waals surface area contributed by atoms with E-state index in [2.05, 4.69) is 41.9 Å². The van der Waals surface area contributed by atoms with Crippen molar-refractivity contribution >= 4 is 24.0 Å². The van der Waals surface area contributed by atoms with E-state index < -0.39 is 0 Å². The van der Waals surface area contributed by atoms with Crippen LogP contribution in [0.5, 0.6) is 5.75 Å². The third-order valence-electron chi connectivity index (χ3n) is 3.94. The highest BCUT2D eigenvalue weighted by Crippen LogP contribution is 2.22. The summed E-state index contributed by atoms with van der Waals surface area (Å²) in [5.74, 6) is 1.83. The number of hydrogen-bond acceptors (Lipinski definition) is 4. The fraction of sp³-hybridized carbons (Fsp3) is 0.429. The van der Waals surface area contributed by atoms with Crippen LogP contribution in [0.1, 0.15) is 44.6 Å². The van der Waals surface area contributed by atoms with Gasteiger partial charge in [0, 0.05) is 0 Å². The minimum atomic E-state index is 0.749. The quantitative estimate of drug-likeness (QED) is 0.264. The zero-order valence-electron chi connectivity index (χ0n) is 15.0. The van der Waals surface area contributed by atoms with E-state index in [0.29, 0.717) is 0 Å². The van der Waals surface area contributed by atoms with Crippen molar-refractivity contribution in [3.63, 3.8) is 0 Å². The molecule has 25 heavy (non-hydrogen) atoms. The normalized spacial score (nSPS) is 11.1. The summed E-state index contributed by atoms with van der Waals surface area (Å²) < 4.78 is 5.72. The standard InChI is InChI=1S/C21H28N2OS/c1-2-3-7-18-8-10-19(11-9-18)22-23-20-12-14-21(15-13-20)24-16-5-4-6-17-25/h8-15,25H,2-7,16-17H2,1H3. The van der Waals surface area contributed by atoms with Crippen LogP contribution in [-0.4, -0.2) is 12.4 Å². The average molecular weight is 357 g/mol. The van der Waals surface area contributed by atoms with Gasteiger partial charge in [0.1, 0.15) is 5.75 Å². The van der Waals surface area contributed by atoms with Crippen molar-refractivity contribution in [3.8, 4) is 5.75 Å². The van der Waals surface area contributed by atoms with Crippen LogP contribution in [0.2, 0.25) is 0 Å². The molecule has 4 heteroatoms. The number of aryl methyl sites for hydroxylation is 1. The Morgan fingerprint density at radius 2 is 1.44 bits per heavy atom. The van der Waals surface area contributed by atoms with Gasteiger partial charge in [-0.15, -0.1) is 0 Å². The Kier molecular flexibility index (Phi) is 9.13. The largest absolute Gasteiger partial charge is 0.494 e. The highest BCUT2D eigenvalue weighted by Gasteiger charge is 1.97. The molecule has 0 aromatic heterocycles. The lowest BCUT2D eigenvalue weighted by Crippen LogP contribution is -1.96.